The number of fused-ring (bicyclic) bond motifs is 1. The third kappa shape index (κ3) is 9.94. The number of para-hydroxylation sites is 1. The zero-order valence-corrected chi connectivity index (χ0v) is 43.9. The maximum Gasteiger partial charge on any atom is 0.149 e. The summed E-state index contributed by atoms with van der Waals surface area (Å²) in [5.74, 6) is 0.771. The van der Waals surface area contributed by atoms with Crippen LogP contribution in [0.4, 0.5) is 0 Å². The third-order valence-electron chi connectivity index (χ3n) is 13.9. The zero-order chi connectivity index (χ0) is 59.2. The van der Waals surface area contributed by atoms with Gasteiger partial charge in [-0.2, -0.15) is 0 Å². The molecule has 366 valence electrons. The molecule has 9 rings (SSSR count). The fourth-order valence-electron chi connectivity index (χ4n) is 9.55. The minimum Gasteiger partial charge on any atom is -0.507 e. The molecule has 0 atom stereocenters. The van der Waals surface area contributed by atoms with Gasteiger partial charge in [-0.15, -0.1) is 0 Å². The normalized spacial score (nSPS) is 15.1. The molecule has 2 aromatic heterocycles. The van der Waals surface area contributed by atoms with Crippen molar-refractivity contribution in [3.05, 3.63) is 192 Å². The minimum atomic E-state index is -3.38. The molecule has 0 aliphatic rings. The van der Waals surface area contributed by atoms with Gasteiger partial charge in [0.1, 0.15) is 11.6 Å². The molecule has 0 bridgehead atoms. The van der Waals surface area contributed by atoms with Crippen molar-refractivity contribution < 1.29 is 17.4 Å². The molecule has 7 aromatic carbocycles. The molecule has 0 aliphatic heterocycles. The Morgan fingerprint density at radius 1 is 0.417 bits per heavy atom. The lowest BCUT2D eigenvalue weighted by atomic mass is 9.79. The first-order valence-electron chi connectivity index (χ1n) is 29.4. The number of rotatable bonds is 7. The molecule has 0 saturated carbocycles. The van der Waals surface area contributed by atoms with Crippen LogP contribution in [-0.4, -0.2) is 19.6 Å². The van der Waals surface area contributed by atoms with Crippen molar-refractivity contribution in [1.29, 1.82) is 0 Å². The maximum absolute atomic E-state index is 12.7. The summed E-state index contributed by atoms with van der Waals surface area (Å²) >= 11 is 0. The lowest BCUT2D eigenvalue weighted by molar-refractivity contribution is 0.446. The Morgan fingerprint density at radius 3 is 1.61 bits per heavy atom. The molecule has 0 radical (unpaired) electrons. The van der Waals surface area contributed by atoms with Crippen molar-refractivity contribution >= 4 is 11.0 Å². The Kier molecular flexibility index (Phi) is 10.0. The zero-order valence-electron chi connectivity index (χ0n) is 52.9. The van der Waals surface area contributed by atoms with Crippen molar-refractivity contribution in [1.82, 2.24) is 14.5 Å². The van der Waals surface area contributed by atoms with Crippen LogP contribution in [0.15, 0.2) is 164 Å². The van der Waals surface area contributed by atoms with E-state index in [-0.39, 0.29) is 27.6 Å². The van der Waals surface area contributed by atoms with Gasteiger partial charge in [0.05, 0.1) is 28.0 Å². The molecule has 0 aliphatic carbocycles. The van der Waals surface area contributed by atoms with E-state index in [2.05, 4.69) is 191 Å². The lowest BCUT2D eigenvalue weighted by Gasteiger charge is -2.28. The molecular weight excluding hydrogens is 875 g/mol. The summed E-state index contributed by atoms with van der Waals surface area (Å²) in [4.78, 5) is 10.6. The third-order valence-corrected chi connectivity index (χ3v) is 13.9. The van der Waals surface area contributed by atoms with Crippen LogP contribution in [0.2, 0.25) is 0 Å². The molecule has 9 aromatic rings. The first kappa shape index (κ1) is 39.6. The monoisotopic (exact) mass is 957 g/mol. The van der Waals surface area contributed by atoms with Gasteiger partial charge in [0.2, 0.25) is 0 Å². The summed E-state index contributed by atoms with van der Waals surface area (Å²) in [5, 5.41) is 12.7. The van der Waals surface area contributed by atoms with Gasteiger partial charge in [-0.05, 0) is 137 Å². The number of imidazole rings is 1. The van der Waals surface area contributed by atoms with Crippen LogP contribution >= 0.6 is 0 Å². The van der Waals surface area contributed by atoms with Crippen molar-refractivity contribution in [2.24, 2.45) is 0 Å². The van der Waals surface area contributed by atoms with Crippen LogP contribution in [0.25, 0.3) is 83.9 Å². The van der Waals surface area contributed by atoms with E-state index in [1.807, 2.05) is 24.3 Å². The molecule has 2 heterocycles. The number of aromatic nitrogens is 3. The summed E-state index contributed by atoms with van der Waals surface area (Å²) < 4.78 is 76.6. The van der Waals surface area contributed by atoms with Gasteiger partial charge in [0.25, 0.3) is 0 Å². The summed E-state index contributed by atoms with van der Waals surface area (Å²) in [6.45, 7) is 16.2. The Hall–Kier alpha value is -7.04. The van der Waals surface area contributed by atoms with Gasteiger partial charge in [0, 0.05) is 40.8 Å². The fourth-order valence-corrected chi connectivity index (χ4v) is 9.55. The molecule has 4 nitrogen and oxygen atoms in total. The highest BCUT2D eigenvalue weighted by atomic mass is 16.3. The minimum absolute atomic E-state index is 0.0464. The van der Waals surface area contributed by atoms with E-state index >= 15 is 0 Å². The number of nitrogens with zero attached hydrogens (tertiary/aromatic N) is 3. The largest absolute Gasteiger partial charge is 0.507 e. The van der Waals surface area contributed by atoms with Crippen LogP contribution in [-0.2, 0) is 27.1 Å². The van der Waals surface area contributed by atoms with Gasteiger partial charge in [-0.3, -0.25) is 9.55 Å². The highest BCUT2D eigenvalue weighted by Crippen LogP contribution is 2.46. The predicted octanol–water partition coefficient (Wildman–Crippen LogP) is 18.6. The van der Waals surface area contributed by atoms with Crippen LogP contribution in [0.5, 0.6) is 5.75 Å². The molecule has 0 spiro atoms. The van der Waals surface area contributed by atoms with Crippen molar-refractivity contribution in [3.63, 3.8) is 0 Å². The van der Waals surface area contributed by atoms with Crippen molar-refractivity contribution in [2.75, 3.05) is 0 Å². The van der Waals surface area contributed by atoms with Crippen LogP contribution < -0.4 is 0 Å². The van der Waals surface area contributed by atoms with Crippen LogP contribution in [0, 0.1) is 0 Å². The molecule has 1 N–H and O–H groups in total. The average molecular weight is 957 g/mol. The van der Waals surface area contributed by atoms with E-state index in [1.54, 1.807) is 24.4 Å². The van der Waals surface area contributed by atoms with Crippen molar-refractivity contribution in [2.45, 2.75) is 131 Å². The van der Waals surface area contributed by atoms with Gasteiger partial charge in [-0.1, -0.05) is 207 Å². The summed E-state index contributed by atoms with van der Waals surface area (Å²) in [6, 6.07) is 52.0. The second kappa shape index (κ2) is 18.2. The second-order valence-electron chi connectivity index (χ2n) is 23.6. The number of hydrogen-bond acceptors (Lipinski definition) is 3. The Bertz CT molecular complexity index is 3770. The summed E-state index contributed by atoms with van der Waals surface area (Å²) in [6.07, 6.45) is 1.68. The summed E-state index contributed by atoms with van der Waals surface area (Å²) in [7, 11) is 0. The van der Waals surface area contributed by atoms with Crippen LogP contribution in [0.1, 0.15) is 144 Å². The van der Waals surface area contributed by atoms with E-state index in [0.29, 0.717) is 28.2 Å². The number of phenolic OH excluding ortho intramolecular Hbond substituents is 1. The SMILES string of the molecule is [2H]C([2H])([2H])C(c1ccc(-c2ccnc(-c3cc(-c4ccccc4)cc(-c4cccc5c4nc(-c4cc(C(C)(C)C)cc(C(C)(C)C)c4O)n5-c4ccc(C(C)(C)C)cc4-c4ccc(C(C)(C)C)cc4)c3)c2)cc1)(C([2H])([2H])[2H])C([2H])([2H])[2H]. The Labute approximate surface area is 442 Å². The number of pyridine rings is 1. The standard InChI is InChI=1S/C68H73N3O/c1-64(2,3)50-28-24-44(25-29-50)46-34-35-69-58(39-46)49-37-47(43-20-17-16-18-21-43)36-48(38-49)54-22-19-23-60-61(54)70-63(56-41-53(67(10,11)12)42-57(62(56)72)68(13,14)15)71(60)59-33-32-52(66(7,8)9)40-55(59)45-26-30-51(31-27-45)65(4,5)6/h16-42,72H,1-15H3/i1D3,2D3,3D3. The molecule has 0 unspecified atom stereocenters. The Morgan fingerprint density at radius 2 is 0.986 bits per heavy atom. The average Bonchev–Trinajstić information content (AvgIpc) is 3.00. The molecular formula is C68H73N3O. The Balaban J connectivity index is 1.30. The van der Waals surface area contributed by atoms with E-state index < -0.39 is 31.4 Å². The number of phenols is 1. The van der Waals surface area contributed by atoms with Crippen LogP contribution in [0.3, 0.4) is 0 Å². The highest BCUT2D eigenvalue weighted by Gasteiger charge is 2.30. The number of aromatic hydroxyl groups is 1. The summed E-state index contributed by atoms with van der Waals surface area (Å²) in [5.41, 5.74) is 11.5. The number of hydrogen-bond donors (Lipinski definition) is 1. The van der Waals surface area contributed by atoms with E-state index in [9.17, 15) is 5.11 Å². The maximum atomic E-state index is 12.7. The fraction of sp³-hybridized carbons (Fsp3) is 0.294. The van der Waals surface area contributed by atoms with Gasteiger partial charge in [-0.25, -0.2) is 4.98 Å². The van der Waals surface area contributed by atoms with E-state index in [4.69, 9.17) is 22.3 Å². The number of benzene rings is 7. The lowest BCUT2D eigenvalue weighted by Crippen LogP contribution is -2.17. The van der Waals surface area contributed by atoms with Gasteiger partial charge in [0.15, 0.2) is 0 Å². The predicted molar refractivity (Wildman–Crippen MR) is 307 cm³/mol. The first-order chi connectivity index (χ1) is 37.5. The quantitative estimate of drug-likeness (QED) is 0.173. The molecule has 4 heteroatoms. The van der Waals surface area contributed by atoms with Gasteiger partial charge < -0.3 is 5.11 Å². The second-order valence-corrected chi connectivity index (χ2v) is 23.6. The highest BCUT2D eigenvalue weighted by molar-refractivity contribution is 5.98. The van der Waals surface area contributed by atoms with Gasteiger partial charge >= 0.3 is 0 Å². The molecule has 0 fully saturated rings. The smallest absolute Gasteiger partial charge is 0.149 e. The molecule has 0 amide bonds. The van der Waals surface area contributed by atoms with Crippen molar-refractivity contribution in [3.8, 4) is 78.6 Å². The van der Waals surface area contributed by atoms with E-state index in [0.717, 1.165) is 66.8 Å². The first-order valence-corrected chi connectivity index (χ1v) is 24.9. The molecule has 0 saturated heterocycles. The van der Waals surface area contributed by atoms with E-state index in [1.165, 1.54) is 23.3 Å². The molecule has 72 heavy (non-hydrogen) atoms. The topological polar surface area (TPSA) is 50.9 Å².